The Morgan fingerprint density at radius 1 is 1.17 bits per heavy atom. The van der Waals surface area contributed by atoms with Gasteiger partial charge in [0.15, 0.2) is 0 Å². The molecule has 1 amide bonds. The van der Waals surface area contributed by atoms with Crippen molar-refractivity contribution < 1.29 is 4.79 Å². The third kappa shape index (κ3) is 4.78. The monoisotopic (exact) mass is 392 g/mol. The van der Waals surface area contributed by atoms with Crippen LogP contribution in [0.25, 0.3) is 11.3 Å². The minimum atomic E-state index is -0.119. The molecule has 1 fully saturated rings. The number of carbonyl (C=O) groups is 1. The van der Waals surface area contributed by atoms with Crippen molar-refractivity contribution in [2.45, 2.75) is 57.4 Å². The highest BCUT2D eigenvalue weighted by atomic mass is 16.1. The van der Waals surface area contributed by atoms with Gasteiger partial charge in [-0.25, -0.2) is 4.98 Å². The van der Waals surface area contributed by atoms with E-state index in [0.29, 0.717) is 5.92 Å². The van der Waals surface area contributed by atoms with Crippen LogP contribution in [-0.2, 0) is 11.2 Å². The highest BCUT2D eigenvalue weighted by Crippen LogP contribution is 2.30. The van der Waals surface area contributed by atoms with Crippen molar-refractivity contribution in [2.24, 2.45) is 17.6 Å². The number of aryl methyl sites for hydroxylation is 1. The molecular weight excluding hydrogens is 360 g/mol. The topological polar surface area (TPSA) is 83.8 Å². The van der Waals surface area contributed by atoms with Gasteiger partial charge in [0.25, 0.3) is 0 Å². The summed E-state index contributed by atoms with van der Waals surface area (Å²) in [7, 11) is 0. The number of amides is 1. The van der Waals surface area contributed by atoms with Crippen LogP contribution in [0.3, 0.4) is 0 Å². The number of carbonyl (C=O) groups excluding carboxylic acids is 1. The van der Waals surface area contributed by atoms with Gasteiger partial charge in [0, 0.05) is 11.5 Å². The maximum absolute atomic E-state index is 12.9. The molecule has 2 aliphatic rings. The molecule has 1 aliphatic heterocycles. The third-order valence-electron chi connectivity index (χ3n) is 6.46. The predicted octanol–water partition coefficient (Wildman–Crippen LogP) is 4.28. The SMILES string of the molecule is NCC1CCC(C(=O)N[C@H]2C/C=C\CCCc3ccccc3-c3cnc2[nH]3)CC1. The van der Waals surface area contributed by atoms with E-state index < -0.39 is 0 Å². The lowest BCUT2D eigenvalue weighted by Crippen LogP contribution is -2.36. The van der Waals surface area contributed by atoms with Crippen molar-refractivity contribution >= 4 is 5.91 Å². The first-order valence-electron chi connectivity index (χ1n) is 11.0. The first-order valence-corrected chi connectivity index (χ1v) is 11.0. The van der Waals surface area contributed by atoms with Gasteiger partial charge in [-0.3, -0.25) is 4.79 Å². The summed E-state index contributed by atoms with van der Waals surface area (Å²) in [5.74, 6) is 1.67. The largest absolute Gasteiger partial charge is 0.346 e. The summed E-state index contributed by atoms with van der Waals surface area (Å²) >= 11 is 0. The number of imidazole rings is 1. The average Bonchev–Trinajstić information content (AvgIpc) is 3.25. The number of nitrogens with zero attached hydrogens (tertiary/aromatic N) is 1. The Balaban J connectivity index is 1.53. The first kappa shape index (κ1) is 19.9. The van der Waals surface area contributed by atoms with Gasteiger partial charge >= 0.3 is 0 Å². The van der Waals surface area contributed by atoms with Crippen molar-refractivity contribution in [3.05, 3.63) is 54.0 Å². The van der Waals surface area contributed by atoms with Crippen LogP contribution in [0.5, 0.6) is 0 Å². The van der Waals surface area contributed by atoms with Gasteiger partial charge in [0.1, 0.15) is 5.82 Å². The molecule has 29 heavy (non-hydrogen) atoms. The number of aromatic amines is 1. The van der Waals surface area contributed by atoms with Crippen LogP contribution in [0.1, 0.15) is 62.4 Å². The fourth-order valence-electron chi connectivity index (χ4n) is 4.60. The summed E-state index contributed by atoms with van der Waals surface area (Å²) in [6.07, 6.45) is 14.3. The van der Waals surface area contributed by atoms with E-state index in [0.717, 1.165) is 69.4 Å². The van der Waals surface area contributed by atoms with Gasteiger partial charge in [0.2, 0.25) is 5.91 Å². The zero-order chi connectivity index (χ0) is 20.1. The molecule has 1 aromatic carbocycles. The van der Waals surface area contributed by atoms with Crippen LogP contribution in [-0.4, -0.2) is 22.4 Å². The molecule has 154 valence electrons. The van der Waals surface area contributed by atoms with Crippen molar-refractivity contribution in [1.29, 1.82) is 0 Å². The van der Waals surface area contributed by atoms with Crippen LogP contribution in [0.4, 0.5) is 0 Å². The molecule has 1 aliphatic carbocycles. The molecule has 5 heteroatoms. The van der Waals surface area contributed by atoms with Crippen molar-refractivity contribution in [2.75, 3.05) is 6.54 Å². The molecule has 2 aromatic rings. The summed E-state index contributed by atoms with van der Waals surface area (Å²) in [4.78, 5) is 21.1. The summed E-state index contributed by atoms with van der Waals surface area (Å²) in [5.41, 5.74) is 9.38. The average molecular weight is 393 g/mol. The fourth-order valence-corrected chi connectivity index (χ4v) is 4.60. The molecule has 0 spiro atoms. The van der Waals surface area contributed by atoms with Crippen LogP contribution in [0, 0.1) is 11.8 Å². The molecule has 2 bridgehead atoms. The zero-order valence-electron chi connectivity index (χ0n) is 17.1. The Kier molecular flexibility index (Phi) is 6.45. The van der Waals surface area contributed by atoms with Gasteiger partial charge in [-0.15, -0.1) is 0 Å². The minimum Gasteiger partial charge on any atom is -0.346 e. The lowest BCUT2D eigenvalue weighted by Gasteiger charge is -2.28. The van der Waals surface area contributed by atoms with E-state index in [1.165, 1.54) is 11.1 Å². The highest BCUT2D eigenvalue weighted by molar-refractivity contribution is 5.79. The third-order valence-corrected chi connectivity index (χ3v) is 6.46. The summed E-state index contributed by atoms with van der Waals surface area (Å²) in [6.45, 7) is 0.735. The Hall–Kier alpha value is -2.40. The van der Waals surface area contributed by atoms with Gasteiger partial charge < -0.3 is 16.0 Å². The van der Waals surface area contributed by atoms with Crippen LogP contribution < -0.4 is 11.1 Å². The van der Waals surface area contributed by atoms with Gasteiger partial charge in [0.05, 0.1) is 17.9 Å². The number of hydrogen-bond donors (Lipinski definition) is 3. The van der Waals surface area contributed by atoms with Crippen LogP contribution >= 0.6 is 0 Å². The van der Waals surface area contributed by atoms with Crippen molar-refractivity contribution in [1.82, 2.24) is 15.3 Å². The second kappa shape index (κ2) is 9.40. The van der Waals surface area contributed by atoms with E-state index in [1.807, 2.05) is 6.20 Å². The lowest BCUT2D eigenvalue weighted by atomic mass is 9.81. The van der Waals surface area contributed by atoms with Crippen LogP contribution in [0.2, 0.25) is 0 Å². The number of fused-ring (bicyclic) bond motifs is 4. The van der Waals surface area contributed by atoms with E-state index in [9.17, 15) is 4.79 Å². The molecule has 1 saturated carbocycles. The minimum absolute atomic E-state index is 0.0957. The van der Waals surface area contributed by atoms with Gasteiger partial charge in [-0.1, -0.05) is 36.4 Å². The normalized spacial score (nSPS) is 25.9. The van der Waals surface area contributed by atoms with Crippen molar-refractivity contribution in [3.8, 4) is 11.3 Å². The van der Waals surface area contributed by atoms with Gasteiger partial charge in [-0.2, -0.15) is 0 Å². The van der Waals surface area contributed by atoms with Gasteiger partial charge in [-0.05, 0) is 69.4 Å². The highest BCUT2D eigenvalue weighted by Gasteiger charge is 2.28. The predicted molar refractivity (Wildman–Crippen MR) is 116 cm³/mol. The Morgan fingerprint density at radius 3 is 2.83 bits per heavy atom. The lowest BCUT2D eigenvalue weighted by molar-refractivity contribution is -0.127. The van der Waals surface area contributed by atoms with E-state index in [1.54, 1.807) is 0 Å². The van der Waals surface area contributed by atoms with E-state index in [-0.39, 0.29) is 17.9 Å². The summed E-state index contributed by atoms with van der Waals surface area (Å²) in [6, 6.07) is 8.40. The quantitative estimate of drug-likeness (QED) is 0.682. The second-order valence-corrected chi connectivity index (χ2v) is 8.45. The standard InChI is InChI=1S/C24H32N4O/c25-15-17-11-13-19(14-12-17)24(29)28-21-10-4-2-1-3-7-18-8-5-6-9-20(18)22-16-26-23(21)27-22/h2,4-6,8-9,16-17,19,21H,1,3,7,10-15,25H2,(H,26,27)(H,28,29)/b4-2-/t17?,19?,21-/m0/s1. The molecule has 0 radical (unpaired) electrons. The smallest absolute Gasteiger partial charge is 0.223 e. The molecule has 4 rings (SSSR count). The number of H-pyrrole nitrogens is 1. The number of nitrogens with one attached hydrogen (secondary N) is 2. The molecule has 1 aromatic heterocycles. The first-order chi connectivity index (χ1) is 14.2. The zero-order valence-corrected chi connectivity index (χ0v) is 17.1. The van der Waals surface area contributed by atoms with E-state index >= 15 is 0 Å². The number of allylic oxidation sites excluding steroid dienone is 1. The number of benzene rings is 1. The summed E-state index contributed by atoms with van der Waals surface area (Å²) in [5, 5.41) is 3.28. The number of hydrogen-bond acceptors (Lipinski definition) is 3. The van der Waals surface area contributed by atoms with Crippen molar-refractivity contribution in [3.63, 3.8) is 0 Å². The summed E-state index contributed by atoms with van der Waals surface area (Å²) < 4.78 is 0. The molecule has 2 heterocycles. The number of aromatic nitrogens is 2. The van der Waals surface area contributed by atoms with E-state index in [4.69, 9.17) is 5.73 Å². The Morgan fingerprint density at radius 2 is 2.00 bits per heavy atom. The van der Waals surface area contributed by atoms with E-state index in [2.05, 4.69) is 51.7 Å². The van der Waals surface area contributed by atoms with Crippen LogP contribution in [0.15, 0.2) is 42.6 Å². The number of rotatable bonds is 3. The Bertz CT molecular complexity index is 848. The molecule has 1 atom stereocenters. The fraction of sp³-hybridized carbons (Fsp3) is 0.500. The second-order valence-electron chi connectivity index (χ2n) is 8.45. The molecule has 5 nitrogen and oxygen atoms in total. The molecule has 0 unspecified atom stereocenters. The molecule has 4 N–H and O–H groups in total. The molecular formula is C24H32N4O. The Labute approximate surface area is 173 Å². The molecule has 0 saturated heterocycles. The number of nitrogens with two attached hydrogens (primary N) is 1. The maximum atomic E-state index is 12.9. The maximum Gasteiger partial charge on any atom is 0.223 e.